The van der Waals surface area contributed by atoms with E-state index >= 15 is 0 Å². The Morgan fingerprint density at radius 2 is 2.19 bits per heavy atom. The highest BCUT2D eigenvalue weighted by atomic mass is 16.5. The van der Waals surface area contributed by atoms with E-state index in [4.69, 9.17) is 25.0 Å². The van der Waals surface area contributed by atoms with E-state index in [9.17, 15) is 4.79 Å². The summed E-state index contributed by atoms with van der Waals surface area (Å²) in [6, 6.07) is 8.29. The first-order valence-electron chi connectivity index (χ1n) is 5.97. The minimum atomic E-state index is -0.467. The Balaban J connectivity index is 2.15. The first-order valence-corrected chi connectivity index (χ1v) is 5.97. The number of benzene rings is 1. The molecule has 21 heavy (non-hydrogen) atoms. The highest BCUT2D eigenvalue weighted by molar-refractivity contribution is 5.94. The van der Waals surface area contributed by atoms with E-state index < -0.39 is 5.91 Å². The number of amides is 1. The van der Waals surface area contributed by atoms with Gasteiger partial charge in [0, 0.05) is 6.07 Å². The van der Waals surface area contributed by atoms with Crippen LogP contribution in [0.25, 0.3) is 0 Å². The smallest absolute Gasteiger partial charge is 0.268 e. The Morgan fingerprint density at radius 1 is 1.43 bits per heavy atom. The molecule has 0 bridgehead atoms. The van der Waals surface area contributed by atoms with Crippen molar-refractivity contribution in [3.05, 3.63) is 47.4 Å². The van der Waals surface area contributed by atoms with Crippen LogP contribution in [0.1, 0.15) is 21.7 Å². The van der Waals surface area contributed by atoms with Crippen LogP contribution in [-0.2, 0) is 6.61 Å². The molecule has 0 unspecified atom stereocenters. The number of methoxy groups -OCH3 is 1. The average Bonchev–Trinajstić information content (AvgIpc) is 3.00. The van der Waals surface area contributed by atoms with Gasteiger partial charge in [-0.25, -0.2) is 5.84 Å². The molecule has 2 aromatic rings. The van der Waals surface area contributed by atoms with Crippen LogP contribution in [0, 0.1) is 11.3 Å². The van der Waals surface area contributed by atoms with Gasteiger partial charge in [-0.1, -0.05) is 0 Å². The predicted molar refractivity (Wildman–Crippen MR) is 72.4 cm³/mol. The number of nitrogens with two attached hydrogens (primary N) is 1. The molecule has 2 rings (SSSR count). The van der Waals surface area contributed by atoms with E-state index in [-0.39, 0.29) is 6.61 Å². The van der Waals surface area contributed by atoms with Gasteiger partial charge < -0.3 is 13.9 Å². The molecular weight excluding hydrogens is 274 g/mol. The summed E-state index contributed by atoms with van der Waals surface area (Å²) < 4.78 is 15.8. The predicted octanol–water partition coefficient (Wildman–Crippen LogP) is 1.34. The van der Waals surface area contributed by atoms with Crippen LogP contribution in [0.3, 0.4) is 0 Å². The number of carbonyl (C=O) groups is 1. The number of nitrogens with one attached hydrogen (secondary N) is 1. The number of carbonyl (C=O) groups excluding carboxylic acids is 1. The summed E-state index contributed by atoms with van der Waals surface area (Å²) in [6.45, 7) is 0.0216. The Kier molecular flexibility index (Phi) is 4.43. The molecule has 108 valence electrons. The number of nitriles is 1. The Hall–Kier alpha value is -2.98. The van der Waals surface area contributed by atoms with Crippen molar-refractivity contribution in [2.24, 2.45) is 5.84 Å². The highest BCUT2D eigenvalue weighted by Crippen LogP contribution is 2.23. The number of nitrogen functional groups attached to an aromatic ring is 1. The van der Waals surface area contributed by atoms with Gasteiger partial charge in [-0.3, -0.25) is 10.2 Å². The van der Waals surface area contributed by atoms with Crippen LogP contribution < -0.4 is 20.7 Å². The second kappa shape index (κ2) is 6.45. The molecule has 7 nitrogen and oxygen atoms in total. The number of nitrogens with zero attached hydrogens (tertiary/aromatic N) is 1. The molecule has 0 spiro atoms. The standard InChI is InChI=1S/C14H13N3O4/c1-19-10-4-9(7-15)5-11(6-10)21-8-13-12(2-3-20-13)14(18)17-16/h2-6H,8,16H2,1H3,(H,17,18). The van der Waals surface area contributed by atoms with Crippen LogP contribution in [0.5, 0.6) is 11.5 Å². The van der Waals surface area contributed by atoms with Crippen molar-refractivity contribution >= 4 is 5.91 Å². The van der Waals surface area contributed by atoms with Crippen LogP contribution in [-0.4, -0.2) is 13.0 Å². The van der Waals surface area contributed by atoms with E-state index in [0.717, 1.165) is 0 Å². The van der Waals surface area contributed by atoms with E-state index in [1.165, 1.54) is 19.4 Å². The summed E-state index contributed by atoms with van der Waals surface area (Å²) in [5.74, 6) is 5.88. The van der Waals surface area contributed by atoms with Crippen molar-refractivity contribution < 1.29 is 18.7 Å². The fraction of sp³-hybridized carbons (Fsp3) is 0.143. The zero-order valence-electron chi connectivity index (χ0n) is 11.3. The summed E-state index contributed by atoms with van der Waals surface area (Å²) in [7, 11) is 1.50. The molecule has 1 heterocycles. The van der Waals surface area contributed by atoms with Crippen molar-refractivity contribution in [2.45, 2.75) is 6.61 Å². The van der Waals surface area contributed by atoms with Gasteiger partial charge >= 0.3 is 0 Å². The molecule has 0 fully saturated rings. The molecule has 0 atom stereocenters. The quantitative estimate of drug-likeness (QED) is 0.488. The number of hydrazine groups is 1. The Labute approximate surface area is 120 Å². The molecule has 7 heteroatoms. The molecule has 0 saturated carbocycles. The summed E-state index contributed by atoms with van der Waals surface area (Å²) in [4.78, 5) is 11.5. The second-order valence-corrected chi connectivity index (χ2v) is 4.03. The summed E-state index contributed by atoms with van der Waals surface area (Å²) in [5, 5.41) is 8.94. The number of rotatable bonds is 5. The van der Waals surface area contributed by atoms with Gasteiger partial charge in [0.05, 0.1) is 30.6 Å². The summed E-state index contributed by atoms with van der Waals surface area (Å²) in [5.41, 5.74) is 2.72. The summed E-state index contributed by atoms with van der Waals surface area (Å²) in [6.07, 6.45) is 1.37. The van der Waals surface area contributed by atoms with Gasteiger partial charge in [0.1, 0.15) is 18.1 Å². The van der Waals surface area contributed by atoms with Crippen LogP contribution in [0.15, 0.2) is 34.9 Å². The second-order valence-electron chi connectivity index (χ2n) is 4.03. The minimum Gasteiger partial charge on any atom is -0.497 e. The van der Waals surface area contributed by atoms with Gasteiger partial charge in [0.15, 0.2) is 5.76 Å². The normalized spacial score (nSPS) is 9.76. The van der Waals surface area contributed by atoms with Crippen molar-refractivity contribution in [1.29, 1.82) is 5.26 Å². The van der Waals surface area contributed by atoms with E-state index in [1.54, 1.807) is 18.2 Å². The molecule has 0 aliphatic rings. The lowest BCUT2D eigenvalue weighted by Crippen LogP contribution is -2.30. The van der Waals surface area contributed by atoms with E-state index in [0.29, 0.717) is 28.4 Å². The van der Waals surface area contributed by atoms with E-state index in [1.807, 2.05) is 11.5 Å². The maximum Gasteiger partial charge on any atom is 0.268 e. The van der Waals surface area contributed by atoms with Crippen LogP contribution in [0.2, 0.25) is 0 Å². The number of furan rings is 1. The number of hydrogen-bond acceptors (Lipinski definition) is 6. The fourth-order valence-corrected chi connectivity index (χ4v) is 1.72. The molecule has 1 aromatic carbocycles. The zero-order chi connectivity index (χ0) is 15.2. The highest BCUT2D eigenvalue weighted by Gasteiger charge is 2.14. The van der Waals surface area contributed by atoms with Gasteiger partial charge in [0.25, 0.3) is 5.91 Å². The molecule has 0 radical (unpaired) electrons. The van der Waals surface area contributed by atoms with E-state index in [2.05, 4.69) is 0 Å². The maximum absolute atomic E-state index is 11.5. The molecule has 1 aromatic heterocycles. The Morgan fingerprint density at radius 3 is 2.86 bits per heavy atom. The lowest BCUT2D eigenvalue weighted by Gasteiger charge is -2.08. The van der Waals surface area contributed by atoms with Crippen molar-refractivity contribution in [1.82, 2.24) is 5.43 Å². The third kappa shape index (κ3) is 3.32. The lowest BCUT2D eigenvalue weighted by atomic mass is 10.2. The zero-order valence-corrected chi connectivity index (χ0v) is 11.3. The van der Waals surface area contributed by atoms with Gasteiger partial charge in [-0.2, -0.15) is 5.26 Å². The fourth-order valence-electron chi connectivity index (χ4n) is 1.72. The molecule has 0 aliphatic heterocycles. The molecule has 0 aliphatic carbocycles. The third-order valence-corrected chi connectivity index (χ3v) is 2.74. The number of ether oxygens (including phenoxy) is 2. The van der Waals surface area contributed by atoms with Crippen molar-refractivity contribution in [2.75, 3.05) is 7.11 Å². The topological polar surface area (TPSA) is 111 Å². The lowest BCUT2D eigenvalue weighted by molar-refractivity contribution is 0.0949. The third-order valence-electron chi connectivity index (χ3n) is 2.74. The van der Waals surface area contributed by atoms with Crippen LogP contribution in [0.4, 0.5) is 0 Å². The summed E-state index contributed by atoms with van der Waals surface area (Å²) >= 11 is 0. The SMILES string of the molecule is COc1cc(C#N)cc(OCc2occc2C(=O)NN)c1. The first kappa shape index (κ1) is 14.4. The minimum absolute atomic E-state index is 0.0216. The molecule has 1 amide bonds. The van der Waals surface area contributed by atoms with Gasteiger partial charge in [-0.15, -0.1) is 0 Å². The molecule has 0 saturated heterocycles. The monoisotopic (exact) mass is 287 g/mol. The molecule has 3 N–H and O–H groups in total. The number of hydrogen-bond donors (Lipinski definition) is 2. The maximum atomic E-state index is 11.5. The van der Waals surface area contributed by atoms with Gasteiger partial charge in [0.2, 0.25) is 0 Å². The first-order chi connectivity index (χ1) is 10.2. The largest absolute Gasteiger partial charge is 0.497 e. The van der Waals surface area contributed by atoms with Gasteiger partial charge in [-0.05, 0) is 18.2 Å². The average molecular weight is 287 g/mol. The van der Waals surface area contributed by atoms with Crippen LogP contribution >= 0.6 is 0 Å². The molecular formula is C14H13N3O4. The van der Waals surface area contributed by atoms with Crippen molar-refractivity contribution in [3.63, 3.8) is 0 Å². The Bertz CT molecular complexity index is 688. The van der Waals surface area contributed by atoms with Crippen molar-refractivity contribution in [3.8, 4) is 17.6 Å².